The first-order valence-electron chi connectivity index (χ1n) is 9.70. The van der Waals surface area contributed by atoms with Crippen LogP contribution in [0.1, 0.15) is 0 Å². The molecule has 5 heteroatoms. The molecule has 28 heavy (non-hydrogen) atoms. The van der Waals surface area contributed by atoms with Crippen molar-refractivity contribution in [3.8, 4) is 22.3 Å². The number of benzene rings is 2. The van der Waals surface area contributed by atoms with E-state index in [1.165, 1.54) is 22.4 Å². The van der Waals surface area contributed by atoms with E-state index in [0.29, 0.717) is 0 Å². The van der Waals surface area contributed by atoms with Crippen LogP contribution >= 0.6 is 0 Å². The average molecular weight is 369 g/mol. The summed E-state index contributed by atoms with van der Waals surface area (Å²) in [7, 11) is 2.19. The molecule has 0 saturated carbocycles. The number of likely N-dealkylation sites (N-methyl/N-ethyl adjacent to an activating group) is 1. The fraction of sp³-hybridized carbons (Fsp3) is 0.217. The summed E-state index contributed by atoms with van der Waals surface area (Å²) in [5, 5.41) is 8.02. The van der Waals surface area contributed by atoms with Crippen LogP contribution in [0, 0.1) is 0 Å². The molecule has 0 aliphatic carbocycles. The highest BCUT2D eigenvalue weighted by Gasteiger charge is 2.15. The molecule has 3 heterocycles. The van der Waals surface area contributed by atoms with Gasteiger partial charge in [-0.2, -0.15) is 5.10 Å². The zero-order valence-electron chi connectivity index (χ0n) is 16.0. The molecule has 1 fully saturated rings. The number of anilines is 1. The lowest BCUT2D eigenvalue weighted by atomic mass is 9.95. The van der Waals surface area contributed by atoms with Crippen LogP contribution in [0.15, 0.2) is 67.0 Å². The van der Waals surface area contributed by atoms with Crippen molar-refractivity contribution in [1.29, 1.82) is 0 Å². The zero-order valence-corrected chi connectivity index (χ0v) is 16.0. The summed E-state index contributed by atoms with van der Waals surface area (Å²) in [4.78, 5) is 9.35. The van der Waals surface area contributed by atoms with E-state index in [1.807, 2.05) is 12.4 Å². The second-order valence-electron chi connectivity index (χ2n) is 7.41. The number of aromatic amines is 1. The third-order valence-electron chi connectivity index (χ3n) is 5.58. The van der Waals surface area contributed by atoms with Crippen molar-refractivity contribution in [3.63, 3.8) is 0 Å². The Morgan fingerprint density at radius 2 is 1.54 bits per heavy atom. The molecule has 1 aliphatic rings. The van der Waals surface area contributed by atoms with Crippen LogP contribution in [0.3, 0.4) is 0 Å². The van der Waals surface area contributed by atoms with Crippen LogP contribution in [0.2, 0.25) is 0 Å². The van der Waals surface area contributed by atoms with E-state index in [2.05, 4.69) is 86.6 Å². The van der Waals surface area contributed by atoms with Crippen LogP contribution in [-0.4, -0.2) is 53.3 Å². The van der Waals surface area contributed by atoms with Gasteiger partial charge >= 0.3 is 0 Å². The van der Waals surface area contributed by atoms with Gasteiger partial charge in [0.1, 0.15) is 0 Å². The van der Waals surface area contributed by atoms with E-state index < -0.39 is 0 Å². The Bertz CT molecular complexity index is 1090. The minimum absolute atomic E-state index is 0.817. The molecule has 140 valence electrons. The van der Waals surface area contributed by atoms with Gasteiger partial charge in [-0.15, -0.1) is 0 Å². The van der Waals surface area contributed by atoms with E-state index >= 15 is 0 Å². The standard InChI is InChI=1S/C23H23N5/c1-27-10-12-28(13-11-27)20-8-6-17(7-9-20)21-4-2-3-5-22(21)18-14-19-16-25-26-23(19)24-15-18/h2-9,14-16H,10-13H2,1H3,(H,24,25,26). The van der Waals surface area contributed by atoms with Crippen molar-refractivity contribution in [1.82, 2.24) is 20.1 Å². The maximum atomic E-state index is 4.51. The van der Waals surface area contributed by atoms with Gasteiger partial charge in [0.2, 0.25) is 0 Å². The Hall–Kier alpha value is -3.18. The van der Waals surface area contributed by atoms with Gasteiger partial charge in [-0.1, -0.05) is 36.4 Å². The minimum atomic E-state index is 0.817. The molecule has 1 aliphatic heterocycles. The average Bonchev–Trinajstić information content (AvgIpc) is 3.22. The zero-order chi connectivity index (χ0) is 18.9. The molecule has 1 N–H and O–H groups in total. The van der Waals surface area contributed by atoms with E-state index in [9.17, 15) is 0 Å². The predicted octanol–water partition coefficient (Wildman–Crippen LogP) is 4.04. The van der Waals surface area contributed by atoms with Gasteiger partial charge in [-0.05, 0) is 41.9 Å². The first-order valence-corrected chi connectivity index (χ1v) is 9.70. The Morgan fingerprint density at radius 1 is 0.821 bits per heavy atom. The minimum Gasteiger partial charge on any atom is -0.369 e. The van der Waals surface area contributed by atoms with Gasteiger partial charge in [-0.25, -0.2) is 4.98 Å². The van der Waals surface area contributed by atoms with Gasteiger partial charge in [0.25, 0.3) is 0 Å². The number of fused-ring (bicyclic) bond motifs is 1. The lowest BCUT2D eigenvalue weighted by molar-refractivity contribution is 0.313. The van der Waals surface area contributed by atoms with E-state index in [0.717, 1.165) is 42.8 Å². The Kier molecular flexibility index (Phi) is 4.29. The first kappa shape index (κ1) is 17.0. The van der Waals surface area contributed by atoms with Crippen molar-refractivity contribution in [2.24, 2.45) is 0 Å². The molecular weight excluding hydrogens is 346 g/mol. The maximum Gasteiger partial charge on any atom is 0.155 e. The lowest BCUT2D eigenvalue weighted by Gasteiger charge is -2.34. The largest absolute Gasteiger partial charge is 0.369 e. The molecule has 4 aromatic rings. The maximum absolute atomic E-state index is 4.51. The normalized spacial score (nSPS) is 15.2. The number of nitrogens with zero attached hydrogens (tertiary/aromatic N) is 4. The summed E-state index contributed by atoms with van der Waals surface area (Å²) in [5.74, 6) is 0. The molecule has 2 aromatic carbocycles. The van der Waals surface area contributed by atoms with Gasteiger partial charge in [0.15, 0.2) is 5.65 Å². The molecular formula is C23H23N5. The predicted molar refractivity (Wildman–Crippen MR) is 114 cm³/mol. The number of hydrogen-bond donors (Lipinski definition) is 1. The molecule has 0 unspecified atom stereocenters. The quantitative estimate of drug-likeness (QED) is 0.592. The summed E-state index contributed by atoms with van der Waals surface area (Å²) >= 11 is 0. The fourth-order valence-corrected chi connectivity index (χ4v) is 3.89. The molecule has 2 aromatic heterocycles. The SMILES string of the molecule is CN1CCN(c2ccc(-c3ccccc3-c3cnc4[nH]ncc4c3)cc2)CC1. The molecule has 0 bridgehead atoms. The fourth-order valence-electron chi connectivity index (χ4n) is 3.89. The van der Waals surface area contributed by atoms with Crippen molar-refractivity contribution >= 4 is 16.7 Å². The second kappa shape index (κ2) is 7.09. The van der Waals surface area contributed by atoms with Crippen molar-refractivity contribution in [3.05, 3.63) is 67.0 Å². The van der Waals surface area contributed by atoms with Crippen LogP contribution in [-0.2, 0) is 0 Å². The number of aromatic nitrogens is 3. The molecule has 0 atom stereocenters. The molecule has 0 radical (unpaired) electrons. The first-order chi connectivity index (χ1) is 13.8. The molecule has 5 rings (SSSR count). The number of hydrogen-bond acceptors (Lipinski definition) is 4. The highest BCUT2D eigenvalue weighted by atomic mass is 15.2. The highest BCUT2D eigenvalue weighted by molar-refractivity contribution is 5.87. The van der Waals surface area contributed by atoms with Gasteiger partial charge in [0.05, 0.1) is 6.20 Å². The molecule has 1 saturated heterocycles. The number of rotatable bonds is 3. The summed E-state index contributed by atoms with van der Waals surface area (Å²) in [6, 6.07) is 19.6. The summed E-state index contributed by atoms with van der Waals surface area (Å²) in [6.07, 6.45) is 3.73. The Balaban J connectivity index is 1.48. The smallest absolute Gasteiger partial charge is 0.155 e. The topological polar surface area (TPSA) is 48.0 Å². The highest BCUT2D eigenvalue weighted by Crippen LogP contribution is 2.33. The molecule has 5 nitrogen and oxygen atoms in total. The molecule has 0 amide bonds. The van der Waals surface area contributed by atoms with Crippen molar-refractivity contribution in [2.45, 2.75) is 0 Å². The lowest BCUT2D eigenvalue weighted by Crippen LogP contribution is -2.44. The third kappa shape index (κ3) is 3.14. The third-order valence-corrected chi connectivity index (χ3v) is 5.58. The van der Waals surface area contributed by atoms with Gasteiger partial charge < -0.3 is 9.80 Å². The Labute approximate surface area is 164 Å². The number of nitrogens with one attached hydrogen (secondary N) is 1. The summed E-state index contributed by atoms with van der Waals surface area (Å²) < 4.78 is 0. The van der Waals surface area contributed by atoms with Gasteiger partial charge in [0, 0.05) is 49.0 Å². The van der Waals surface area contributed by atoms with Crippen LogP contribution in [0.25, 0.3) is 33.3 Å². The Morgan fingerprint density at radius 3 is 2.29 bits per heavy atom. The van der Waals surface area contributed by atoms with E-state index in [1.54, 1.807) is 0 Å². The second-order valence-corrected chi connectivity index (χ2v) is 7.41. The van der Waals surface area contributed by atoms with E-state index in [-0.39, 0.29) is 0 Å². The number of piperazine rings is 1. The van der Waals surface area contributed by atoms with Gasteiger partial charge in [-0.3, -0.25) is 5.10 Å². The van der Waals surface area contributed by atoms with Crippen LogP contribution in [0.4, 0.5) is 5.69 Å². The monoisotopic (exact) mass is 369 g/mol. The summed E-state index contributed by atoms with van der Waals surface area (Å²) in [6.45, 7) is 4.41. The van der Waals surface area contributed by atoms with E-state index in [4.69, 9.17) is 0 Å². The number of pyridine rings is 1. The summed E-state index contributed by atoms with van der Waals surface area (Å²) in [5.41, 5.74) is 6.85. The van der Waals surface area contributed by atoms with Crippen LogP contribution < -0.4 is 4.90 Å². The molecule has 0 spiro atoms. The number of H-pyrrole nitrogens is 1. The van der Waals surface area contributed by atoms with Crippen LogP contribution in [0.5, 0.6) is 0 Å². The van der Waals surface area contributed by atoms with Crippen molar-refractivity contribution in [2.75, 3.05) is 38.1 Å². The van der Waals surface area contributed by atoms with Crippen molar-refractivity contribution < 1.29 is 0 Å².